The van der Waals surface area contributed by atoms with Crippen LogP contribution < -0.4 is 4.74 Å². The topological polar surface area (TPSA) is 81.4 Å². The van der Waals surface area contributed by atoms with Gasteiger partial charge >= 0.3 is 0 Å². The fourth-order valence-electron chi connectivity index (χ4n) is 3.42. The molecule has 0 spiro atoms. The van der Waals surface area contributed by atoms with Gasteiger partial charge in [0.05, 0.1) is 13.7 Å². The monoisotopic (exact) mass is 378 g/mol. The Bertz CT molecular complexity index is 916. The molecule has 1 fully saturated rings. The smallest absolute Gasteiger partial charge is 0.230 e. The third-order valence-corrected chi connectivity index (χ3v) is 5.08. The molecule has 0 amide bonds. The number of Topliss-reactive ketones (excluding diaryl/α,β-unsaturated/α-hetero) is 1. The van der Waals surface area contributed by atoms with Crippen LogP contribution in [-0.2, 0) is 0 Å². The first-order valence-electron chi connectivity index (χ1n) is 9.36. The number of nitrogens with zero attached hydrogens (tertiary/aromatic N) is 4. The first-order valence-corrected chi connectivity index (χ1v) is 9.36. The van der Waals surface area contributed by atoms with E-state index in [0.29, 0.717) is 23.8 Å². The first kappa shape index (κ1) is 18.3. The van der Waals surface area contributed by atoms with Gasteiger partial charge in [0.25, 0.3) is 0 Å². The summed E-state index contributed by atoms with van der Waals surface area (Å²) in [5, 5.41) is 4.08. The molecule has 28 heavy (non-hydrogen) atoms. The molecule has 0 bridgehead atoms. The van der Waals surface area contributed by atoms with Crippen LogP contribution in [0.3, 0.4) is 0 Å². The van der Waals surface area contributed by atoms with E-state index in [0.717, 1.165) is 37.2 Å². The number of piperidine rings is 1. The molecule has 3 heterocycles. The van der Waals surface area contributed by atoms with Crippen LogP contribution in [0.2, 0.25) is 0 Å². The molecule has 2 aromatic heterocycles. The summed E-state index contributed by atoms with van der Waals surface area (Å²) in [6.07, 6.45) is 5.23. The number of carbonyl (C=O) groups excluding carboxylic acids is 1. The number of hydrogen-bond donors (Lipinski definition) is 0. The van der Waals surface area contributed by atoms with Gasteiger partial charge in [-0.05, 0) is 62.3 Å². The number of ether oxygens (including phenoxy) is 1. The molecule has 0 atom stereocenters. The molecular formula is C21H22N4O3. The van der Waals surface area contributed by atoms with E-state index in [1.54, 1.807) is 19.5 Å². The van der Waals surface area contributed by atoms with Crippen LogP contribution >= 0.6 is 0 Å². The van der Waals surface area contributed by atoms with E-state index < -0.39 is 0 Å². The van der Waals surface area contributed by atoms with Crippen molar-refractivity contribution in [1.82, 2.24) is 20.0 Å². The number of methoxy groups -OCH3 is 1. The van der Waals surface area contributed by atoms with Crippen LogP contribution in [0, 0.1) is 0 Å². The summed E-state index contributed by atoms with van der Waals surface area (Å²) in [5.74, 6) is 2.34. The Morgan fingerprint density at radius 1 is 1.21 bits per heavy atom. The molecule has 0 N–H and O–H groups in total. The molecule has 1 aliphatic rings. The van der Waals surface area contributed by atoms with Gasteiger partial charge < -0.3 is 9.26 Å². The molecule has 1 aliphatic heterocycles. The van der Waals surface area contributed by atoms with E-state index >= 15 is 0 Å². The van der Waals surface area contributed by atoms with E-state index in [1.165, 1.54) is 0 Å². The highest BCUT2D eigenvalue weighted by molar-refractivity contribution is 5.97. The van der Waals surface area contributed by atoms with Crippen molar-refractivity contribution in [2.24, 2.45) is 0 Å². The predicted octanol–water partition coefficient (Wildman–Crippen LogP) is 3.20. The van der Waals surface area contributed by atoms with Crippen molar-refractivity contribution in [3.8, 4) is 17.1 Å². The van der Waals surface area contributed by atoms with Gasteiger partial charge in [0, 0.05) is 29.4 Å². The van der Waals surface area contributed by atoms with Crippen LogP contribution in [0.1, 0.15) is 35.0 Å². The van der Waals surface area contributed by atoms with Crippen LogP contribution in [0.5, 0.6) is 5.75 Å². The van der Waals surface area contributed by atoms with Crippen LogP contribution in [0.4, 0.5) is 0 Å². The summed E-state index contributed by atoms with van der Waals surface area (Å²) >= 11 is 0. The van der Waals surface area contributed by atoms with Gasteiger partial charge in [-0.3, -0.25) is 14.7 Å². The molecule has 0 radical (unpaired) electrons. The third-order valence-electron chi connectivity index (χ3n) is 5.08. The number of pyridine rings is 1. The van der Waals surface area contributed by atoms with Crippen molar-refractivity contribution in [2.45, 2.75) is 18.8 Å². The van der Waals surface area contributed by atoms with Crippen LogP contribution in [0.15, 0.2) is 53.3 Å². The zero-order valence-electron chi connectivity index (χ0n) is 15.7. The highest BCUT2D eigenvalue weighted by atomic mass is 16.5. The Balaban J connectivity index is 1.32. The second-order valence-corrected chi connectivity index (χ2v) is 6.90. The Morgan fingerprint density at radius 2 is 2.00 bits per heavy atom. The first-order chi connectivity index (χ1) is 13.7. The predicted molar refractivity (Wildman–Crippen MR) is 103 cm³/mol. The molecular weight excluding hydrogens is 356 g/mol. The molecule has 144 valence electrons. The van der Waals surface area contributed by atoms with Crippen molar-refractivity contribution in [1.29, 1.82) is 0 Å². The summed E-state index contributed by atoms with van der Waals surface area (Å²) in [6, 6.07) is 11.0. The number of benzene rings is 1. The zero-order chi connectivity index (χ0) is 19.3. The molecule has 4 rings (SSSR count). The van der Waals surface area contributed by atoms with Crippen molar-refractivity contribution in [3.63, 3.8) is 0 Å². The summed E-state index contributed by atoms with van der Waals surface area (Å²) in [5.41, 5.74) is 1.56. The third kappa shape index (κ3) is 4.09. The van der Waals surface area contributed by atoms with Gasteiger partial charge in [0.15, 0.2) is 5.78 Å². The summed E-state index contributed by atoms with van der Waals surface area (Å²) in [6.45, 7) is 2.08. The molecule has 0 aliphatic carbocycles. The highest BCUT2D eigenvalue weighted by Gasteiger charge is 2.26. The Kier molecular flexibility index (Phi) is 5.43. The maximum Gasteiger partial charge on any atom is 0.230 e. The van der Waals surface area contributed by atoms with E-state index in [1.807, 2.05) is 36.4 Å². The minimum absolute atomic E-state index is 0.123. The molecule has 7 nitrogen and oxygen atoms in total. The van der Waals surface area contributed by atoms with Gasteiger partial charge in [-0.1, -0.05) is 5.16 Å². The largest absolute Gasteiger partial charge is 0.497 e. The lowest BCUT2D eigenvalue weighted by molar-refractivity contribution is 0.0904. The minimum Gasteiger partial charge on any atom is -0.497 e. The summed E-state index contributed by atoms with van der Waals surface area (Å²) in [7, 11) is 1.62. The van der Waals surface area contributed by atoms with Gasteiger partial charge in [-0.15, -0.1) is 0 Å². The van der Waals surface area contributed by atoms with Gasteiger partial charge in [-0.25, -0.2) is 0 Å². The number of hydrogen-bond acceptors (Lipinski definition) is 7. The second-order valence-electron chi connectivity index (χ2n) is 6.90. The maximum atomic E-state index is 12.5. The lowest BCUT2D eigenvalue weighted by atomic mass is 9.96. The van der Waals surface area contributed by atoms with E-state index in [-0.39, 0.29) is 11.7 Å². The Morgan fingerprint density at radius 3 is 2.68 bits per heavy atom. The molecule has 3 aromatic rings. The molecule has 1 saturated heterocycles. The summed E-state index contributed by atoms with van der Waals surface area (Å²) < 4.78 is 10.6. The Labute approximate surface area is 163 Å². The van der Waals surface area contributed by atoms with Crippen LogP contribution in [0.25, 0.3) is 11.4 Å². The number of likely N-dealkylation sites (tertiary alicyclic amines) is 1. The van der Waals surface area contributed by atoms with Crippen molar-refractivity contribution in [2.75, 3.05) is 26.7 Å². The van der Waals surface area contributed by atoms with Gasteiger partial charge in [-0.2, -0.15) is 4.98 Å². The molecule has 7 heteroatoms. The second kappa shape index (κ2) is 8.31. The number of carbonyl (C=O) groups is 1. The number of aromatic nitrogens is 3. The fourth-order valence-corrected chi connectivity index (χ4v) is 3.42. The minimum atomic E-state index is 0.123. The van der Waals surface area contributed by atoms with Gasteiger partial charge in [0.2, 0.25) is 11.7 Å². The SMILES string of the molecule is COc1ccc(C(=O)CN2CCC(c3nc(-c4cccnc4)no3)CC2)cc1. The lowest BCUT2D eigenvalue weighted by Gasteiger charge is -2.29. The van der Waals surface area contributed by atoms with E-state index in [9.17, 15) is 4.79 Å². The lowest BCUT2D eigenvalue weighted by Crippen LogP contribution is -2.36. The molecule has 0 saturated carbocycles. The Hall–Kier alpha value is -3.06. The maximum absolute atomic E-state index is 12.5. The standard InChI is InChI=1S/C21H22N4O3/c1-27-18-6-4-15(5-7-18)19(26)14-25-11-8-16(9-12-25)21-23-20(24-28-21)17-3-2-10-22-13-17/h2-7,10,13,16H,8-9,11-12,14H2,1H3. The van der Waals surface area contributed by atoms with Crippen molar-refractivity contribution in [3.05, 3.63) is 60.2 Å². The quantitative estimate of drug-likeness (QED) is 0.609. The van der Waals surface area contributed by atoms with Crippen molar-refractivity contribution >= 4 is 5.78 Å². The van der Waals surface area contributed by atoms with Crippen LogP contribution in [-0.4, -0.2) is 52.6 Å². The average Bonchev–Trinajstić information content (AvgIpc) is 3.25. The number of rotatable bonds is 6. The normalized spacial score (nSPS) is 15.5. The highest BCUT2D eigenvalue weighted by Crippen LogP contribution is 2.28. The van der Waals surface area contributed by atoms with Crippen molar-refractivity contribution < 1.29 is 14.1 Å². The summed E-state index contributed by atoms with van der Waals surface area (Å²) in [4.78, 5) is 23.3. The van der Waals surface area contributed by atoms with Gasteiger partial charge in [0.1, 0.15) is 5.75 Å². The zero-order valence-corrected chi connectivity index (χ0v) is 15.7. The van der Waals surface area contributed by atoms with E-state index in [4.69, 9.17) is 9.26 Å². The van der Waals surface area contributed by atoms with E-state index in [2.05, 4.69) is 20.0 Å². The number of ketones is 1. The average molecular weight is 378 g/mol. The molecule has 0 unspecified atom stereocenters. The molecule has 1 aromatic carbocycles. The fraction of sp³-hybridized carbons (Fsp3) is 0.333.